The second-order valence-corrected chi connectivity index (χ2v) is 5.04. The Balaban J connectivity index is 2.37. The molecule has 0 saturated heterocycles. The van der Waals surface area contributed by atoms with E-state index in [-0.39, 0.29) is 30.8 Å². The van der Waals surface area contributed by atoms with Crippen LogP contribution in [0.25, 0.3) is 0 Å². The van der Waals surface area contributed by atoms with Crippen molar-refractivity contribution in [2.45, 2.75) is 32.7 Å². The molecule has 1 aromatic carbocycles. The molecule has 0 aromatic heterocycles. The molecule has 0 bridgehead atoms. The van der Waals surface area contributed by atoms with Crippen molar-refractivity contribution in [2.75, 3.05) is 13.2 Å². The fourth-order valence-corrected chi connectivity index (χ4v) is 1.87. The number of carboxylic acid groups (broad SMARTS) is 1. The minimum Gasteiger partial charge on any atom is -0.494 e. The number of nitrogens with one attached hydrogen (secondary N) is 2. The Labute approximate surface area is 135 Å². The monoisotopic (exact) mass is 322 g/mol. The molecule has 1 rings (SSSR count). The van der Waals surface area contributed by atoms with Crippen LogP contribution in [0.4, 0.5) is 0 Å². The zero-order valence-corrected chi connectivity index (χ0v) is 13.3. The first kappa shape index (κ1) is 18.5. The lowest BCUT2D eigenvalue weighted by Gasteiger charge is -2.13. The van der Waals surface area contributed by atoms with E-state index in [0.717, 1.165) is 0 Å². The number of carboxylic acids is 1. The first-order valence-corrected chi connectivity index (χ1v) is 7.44. The molecule has 3 N–H and O–H groups in total. The maximum Gasteiger partial charge on any atom is 0.303 e. The molecular weight excluding hydrogens is 300 g/mol. The number of aliphatic carboxylic acids is 1. The molecule has 0 spiro atoms. The van der Waals surface area contributed by atoms with Crippen molar-refractivity contribution in [1.29, 1.82) is 0 Å². The molecule has 126 valence electrons. The van der Waals surface area contributed by atoms with Crippen LogP contribution in [0.3, 0.4) is 0 Å². The Morgan fingerprint density at radius 1 is 1.22 bits per heavy atom. The van der Waals surface area contributed by atoms with Gasteiger partial charge in [-0.3, -0.25) is 14.4 Å². The number of carbonyl (C=O) groups is 3. The van der Waals surface area contributed by atoms with E-state index in [1.54, 1.807) is 31.2 Å². The lowest BCUT2D eigenvalue weighted by molar-refractivity contribution is -0.137. The summed E-state index contributed by atoms with van der Waals surface area (Å²) in [6.07, 6.45) is 0.327. The number of hydrogen-bond acceptors (Lipinski definition) is 4. The molecule has 0 aliphatic carbocycles. The lowest BCUT2D eigenvalue weighted by atomic mass is 10.2. The smallest absolute Gasteiger partial charge is 0.303 e. The predicted octanol–water partition coefficient (Wildman–Crippen LogP) is 1.18. The Morgan fingerprint density at radius 2 is 1.87 bits per heavy atom. The maximum atomic E-state index is 11.9. The summed E-state index contributed by atoms with van der Waals surface area (Å²) >= 11 is 0. The number of benzene rings is 1. The van der Waals surface area contributed by atoms with Gasteiger partial charge in [-0.25, -0.2) is 0 Å². The molecule has 1 unspecified atom stereocenters. The van der Waals surface area contributed by atoms with Crippen LogP contribution in [0.2, 0.25) is 0 Å². The molecule has 0 radical (unpaired) electrons. The fourth-order valence-electron chi connectivity index (χ4n) is 1.87. The zero-order chi connectivity index (χ0) is 17.2. The first-order valence-electron chi connectivity index (χ1n) is 7.44. The maximum absolute atomic E-state index is 11.9. The second-order valence-electron chi connectivity index (χ2n) is 5.04. The number of carbonyl (C=O) groups excluding carboxylic acids is 2. The molecule has 0 heterocycles. The van der Waals surface area contributed by atoms with Gasteiger partial charge < -0.3 is 20.5 Å². The summed E-state index contributed by atoms with van der Waals surface area (Å²) in [5.41, 5.74) is 0.431. The summed E-state index contributed by atoms with van der Waals surface area (Å²) in [5, 5.41) is 13.7. The van der Waals surface area contributed by atoms with Crippen LogP contribution >= 0.6 is 0 Å². The van der Waals surface area contributed by atoms with Crippen molar-refractivity contribution >= 4 is 17.8 Å². The number of amides is 2. The van der Waals surface area contributed by atoms with Gasteiger partial charge in [-0.05, 0) is 44.5 Å². The van der Waals surface area contributed by atoms with Crippen LogP contribution in [-0.2, 0) is 9.59 Å². The van der Waals surface area contributed by atoms with E-state index in [9.17, 15) is 14.4 Å². The third-order valence-corrected chi connectivity index (χ3v) is 3.04. The number of hydrogen-bond donors (Lipinski definition) is 3. The predicted molar refractivity (Wildman–Crippen MR) is 84.4 cm³/mol. The molecule has 0 fully saturated rings. The average molecular weight is 322 g/mol. The average Bonchev–Trinajstić information content (AvgIpc) is 2.51. The molecule has 7 heteroatoms. The van der Waals surface area contributed by atoms with Gasteiger partial charge in [0.05, 0.1) is 13.2 Å². The van der Waals surface area contributed by atoms with Gasteiger partial charge in [0.25, 0.3) is 5.91 Å². The minimum atomic E-state index is -0.907. The zero-order valence-electron chi connectivity index (χ0n) is 13.3. The third kappa shape index (κ3) is 7.30. The minimum absolute atomic E-state index is 0.0139. The van der Waals surface area contributed by atoms with Crippen molar-refractivity contribution in [3.63, 3.8) is 0 Å². The highest BCUT2D eigenvalue weighted by Crippen LogP contribution is 2.11. The number of ether oxygens (including phenoxy) is 1. The SMILES string of the molecule is CCOc1ccc(C(=O)NCC(=O)NC(C)CCC(=O)O)cc1. The highest BCUT2D eigenvalue weighted by atomic mass is 16.5. The van der Waals surface area contributed by atoms with E-state index in [0.29, 0.717) is 24.3 Å². The largest absolute Gasteiger partial charge is 0.494 e. The normalized spacial score (nSPS) is 11.4. The van der Waals surface area contributed by atoms with Gasteiger partial charge in [-0.1, -0.05) is 0 Å². The van der Waals surface area contributed by atoms with Crippen LogP contribution in [0, 0.1) is 0 Å². The van der Waals surface area contributed by atoms with Crippen LogP contribution < -0.4 is 15.4 Å². The van der Waals surface area contributed by atoms with Crippen LogP contribution in [0.15, 0.2) is 24.3 Å². The van der Waals surface area contributed by atoms with Crippen LogP contribution in [0.5, 0.6) is 5.75 Å². The fraction of sp³-hybridized carbons (Fsp3) is 0.438. The Bertz CT molecular complexity index is 542. The van der Waals surface area contributed by atoms with Gasteiger partial charge in [0, 0.05) is 18.0 Å². The van der Waals surface area contributed by atoms with Crippen molar-refractivity contribution in [2.24, 2.45) is 0 Å². The Kier molecular flexibility index (Phi) is 7.59. The van der Waals surface area contributed by atoms with Crippen molar-refractivity contribution in [1.82, 2.24) is 10.6 Å². The highest BCUT2D eigenvalue weighted by molar-refractivity contribution is 5.96. The van der Waals surface area contributed by atoms with Gasteiger partial charge in [0.2, 0.25) is 5.91 Å². The summed E-state index contributed by atoms with van der Waals surface area (Å²) in [4.78, 5) is 34.0. The van der Waals surface area contributed by atoms with Crippen LogP contribution in [0.1, 0.15) is 37.0 Å². The van der Waals surface area contributed by atoms with Gasteiger partial charge in [0.1, 0.15) is 5.75 Å². The third-order valence-electron chi connectivity index (χ3n) is 3.04. The molecule has 0 saturated carbocycles. The topological polar surface area (TPSA) is 105 Å². The Morgan fingerprint density at radius 3 is 2.43 bits per heavy atom. The van der Waals surface area contributed by atoms with E-state index in [1.807, 2.05) is 6.92 Å². The summed E-state index contributed by atoms with van der Waals surface area (Å²) in [6, 6.07) is 6.35. The first-order chi connectivity index (χ1) is 10.9. The van der Waals surface area contributed by atoms with Gasteiger partial charge in [-0.15, -0.1) is 0 Å². The second kappa shape index (κ2) is 9.45. The van der Waals surface area contributed by atoms with E-state index in [4.69, 9.17) is 9.84 Å². The molecule has 2 amide bonds. The molecule has 0 aliphatic rings. The number of rotatable bonds is 9. The molecule has 7 nitrogen and oxygen atoms in total. The van der Waals surface area contributed by atoms with E-state index in [2.05, 4.69) is 10.6 Å². The summed E-state index contributed by atoms with van der Waals surface area (Å²) in [6.45, 7) is 3.97. The highest BCUT2D eigenvalue weighted by Gasteiger charge is 2.11. The summed E-state index contributed by atoms with van der Waals surface area (Å²) in [7, 11) is 0. The molecular formula is C16H22N2O5. The van der Waals surface area contributed by atoms with Gasteiger partial charge >= 0.3 is 5.97 Å². The summed E-state index contributed by atoms with van der Waals surface area (Å²) in [5.74, 6) is -0.951. The van der Waals surface area contributed by atoms with E-state index < -0.39 is 5.97 Å². The molecule has 0 aliphatic heterocycles. The van der Waals surface area contributed by atoms with Crippen molar-refractivity contribution in [3.8, 4) is 5.75 Å². The molecule has 1 aromatic rings. The molecule has 23 heavy (non-hydrogen) atoms. The van der Waals surface area contributed by atoms with Gasteiger partial charge in [0.15, 0.2) is 0 Å². The van der Waals surface area contributed by atoms with Crippen molar-refractivity contribution < 1.29 is 24.2 Å². The lowest BCUT2D eigenvalue weighted by Crippen LogP contribution is -2.41. The quantitative estimate of drug-likeness (QED) is 0.633. The van der Waals surface area contributed by atoms with E-state index >= 15 is 0 Å². The Hall–Kier alpha value is -2.57. The van der Waals surface area contributed by atoms with Crippen LogP contribution in [-0.4, -0.2) is 42.1 Å². The summed E-state index contributed by atoms with van der Waals surface area (Å²) < 4.78 is 5.28. The van der Waals surface area contributed by atoms with E-state index in [1.165, 1.54) is 0 Å². The standard InChI is InChI=1S/C16H22N2O5/c1-3-23-13-7-5-12(6-8-13)16(22)17-10-14(19)18-11(2)4-9-15(20)21/h5-8,11H,3-4,9-10H2,1-2H3,(H,17,22)(H,18,19)(H,20,21). The van der Waals surface area contributed by atoms with Crippen molar-refractivity contribution in [3.05, 3.63) is 29.8 Å². The van der Waals surface area contributed by atoms with Gasteiger partial charge in [-0.2, -0.15) is 0 Å². The molecule has 1 atom stereocenters.